The number of hydrogen-bond acceptors (Lipinski definition) is 4. The topological polar surface area (TPSA) is 99.1 Å². The van der Waals surface area contributed by atoms with Gasteiger partial charge in [0.15, 0.2) is 0 Å². The molecule has 1 rings (SSSR count). The first-order valence-electron chi connectivity index (χ1n) is 6.23. The largest absolute Gasteiger partial charge is 0.480 e. The number of aliphatic carboxylic acids is 1. The van der Waals surface area contributed by atoms with Crippen molar-refractivity contribution in [2.24, 2.45) is 0 Å². The van der Waals surface area contributed by atoms with Crippen molar-refractivity contribution >= 4 is 12.0 Å². The van der Waals surface area contributed by atoms with Gasteiger partial charge in [0.2, 0.25) is 0 Å². The van der Waals surface area contributed by atoms with Crippen molar-refractivity contribution in [1.29, 1.82) is 0 Å². The fourth-order valence-electron chi connectivity index (χ4n) is 1.84. The lowest BCUT2D eigenvalue weighted by Gasteiger charge is -2.36. The summed E-state index contributed by atoms with van der Waals surface area (Å²) in [5.41, 5.74) is -2.30. The molecule has 110 valence electrons. The number of aliphatic hydroxyl groups is 1. The van der Waals surface area contributed by atoms with Gasteiger partial charge in [-0.3, -0.25) is 0 Å². The molecule has 0 unspecified atom stereocenters. The number of hydrogen-bond donors (Lipinski definition) is 3. The van der Waals surface area contributed by atoms with Crippen LogP contribution in [-0.2, 0) is 9.53 Å². The summed E-state index contributed by atoms with van der Waals surface area (Å²) >= 11 is 0. The number of carbonyl (C=O) groups is 2. The lowest BCUT2D eigenvalue weighted by atomic mass is 9.94. The number of carboxylic acids is 1. The Morgan fingerprint density at radius 1 is 1.37 bits per heavy atom. The fourth-order valence-corrected chi connectivity index (χ4v) is 1.84. The van der Waals surface area contributed by atoms with Gasteiger partial charge in [-0.2, -0.15) is 0 Å². The maximum Gasteiger partial charge on any atom is 0.328 e. The Kier molecular flexibility index (Phi) is 4.75. The van der Waals surface area contributed by atoms with Gasteiger partial charge in [0.05, 0.1) is 12.1 Å². The maximum atomic E-state index is 11.9. The molecule has 0 spiro atoms. The zero-order valence-corrected chi connectivity index (χ0v) is 11.6. The van der Waals surface area contributed by atoms with Crippen LogP contribution in [0.5, 0.6) is 0 Å². The second kappa shape index (κ2) is 5.75. The Bertz CT molecular complexity index is 350. The van der Waals surface area contributed by atoms with Gasteiger partial charge in [-0.05, 0) is 13.8 Å². The molecule has 1 saturated heterocycles. The summed E-state index contributed by atoms with van der Waals surface area (Å²) < 4.78 is 5.16. The van der Waals surface area contributed by atoms with E-state index in [9.17, 15) is 14.7 Å². The van der Waals surface area contributed by atoms with E-state index in [2.05, 4.69) is 5.32 Å². The predicted molar refractivity (Wildman–Crippen MR) is 67.9 cm³/mol. The monoisotopic (exact) mass is 274 g/mol. The molecule has 0 saturated carbocycles. The van der Waals surface area contributed by atoms with Crippen molar-refractivity contribution in [3.63, 3.8) is 0 Å². The maximum absolute atomic E-state index is 11.9. The molecule has 1 fully saturated rings. The van der Waals surface area contributed by atoms with E-state index < -0.39 is 23.1 Å². The molecule has 1 heterocycles. The third-order valence-corrected chi connectivity index (χ3v) is 3.26. The van der Waals surface area contributed by atoms with E-state index in [-0.39, 0.29) is 6.54 Å². The lowest BCUT2D eigenvalue weighted by molar-refractivity contribution is -0.143. The van der Waals surface area contributed by atoms with Crippen LogP contribution in [0, 0.1) is 0 Å². The zero-order chi connectivity index (χ0) is 14.7. The van der Waals surface area contributed by atoms with Crippen molar-refractivity contribution in [2.75, 3.05) is 26.8 Å². The number of nitrogens with one attached hydrogen (secondary N) is 1. The number of carboxylic acid groups (broad SMARTS) is 1. The van der Waals surface area contributed by atoms with Crippen molar-refractivity contribution in [3.8, 4) is 0 Å². The number of nitrogens with zero attached hydrogens (tertiary/aromatic N) is 1. The predicted octanol–water partition coefficient (Wildman–Crippen LogP) is 0.0325. The van der Waals surface area contributed by atoms with Crippen LogP contribution in [0.25, 0.3) is 0 Å². The summed E-state index contributed by atoms with van der Waals surface area (Å²) in [7, 11) is 1.53. The van der Waals surface area contributed by atoms with Crippen molar-refractivity contribution in [2.45, 2.75) is 37.8 Å². The molecule has 7 heteroatoms. The Morgan fingerprint density at radius 3 is 2.37 bits per heavy atom. The highest BCUT2D eigenvalue weighted by molar-refractivity contribution is 5.85. The van der Waals surface area contributed by atoms with Gasteiger partial charge in [0.1, 0.15) is 5.54 Å². The van der Waals surface area contributed by atoms with Crippen molar-refractivity contribution < 1.29 is 24.5 Å². The third-order valence-electron chi connectivity index (χ3n) is 3.26. The summed E-state index contributed by atoms with van der Waals surface area (Å²) in [4.78, 5) is 24.1. The van der Waals surface area contributed by atoms with Gasteiger partial charge < -0.3 is 25.2 Å². The van der Waals surface area contributed by atoms with E-state index in [1.807, 2.05) is 0 Å². The summed E-state index contributed by atoms with van der Waals surface area (Å²) in [5.74, 6) is -1.11. The van der Waals surface area contributed by atoms with E-state index in [1.54, 1.807) is 0 Å². The molecular weight excluding hydrogens is 252 g/mol. The van der Waals surface area contributed by atoms with Gasteiger partial charge >= 0.3 is 12.0 Å². The zero-order valence-electron chi connectivity index (χ0n) is 11.6. The summed E-state index contributed by atoms with van der Waals surface area (Å²) in [5, 5.41) is 21.6. The van der Waals surface area contributed by atoms with Gasteiger partial charge in [-0.15, -0.1) is 0 Å². The van der Waals surface area contributed by atoms with E-state index in [1.165, 1.54) is 25.8 Å². The van der Waals surface area contributed by atoms with E-state index in [0.29, 0.717) is 26.1 Å². The molecule has 0 aliphatic carbocycles. The van der Waals surface area contributed by atoms with Crippen LogP contribution < -0.4 is 5.32 Å². The highest BCUT2D eigenvalue weighted by atomic mass is 16.5. The Labute approximate surface area is 112 Å². The van der Waals surface area contributed by atoms with Crippen LogP contribution >= 0.6 is 0 Å². The summed E-state index contributed by atoms with van der Waals surface area (Å²) in [6.07, 6.45) is 0.930. The number of amides is 2. The molecule has 0 aromatic rings. The van der Waals surface area contributed by atoms with E-state index >= 15 is 0 Å². The first kappa shape index (κ1) is 15.7. The molecule has 1 aliphatic heterocycles. The van der Waals surface area contributed by atoms with Crippen molar-refractivity contribution in [3.05, 3.63) is 0 Å². The normalized spacial score (nSPS) is 18.7. The molecule has 1 aliphatic rings. The van der Waals surface area contributed by atoms with Crippen molar-refractivity contribution in [1.82, 2.24) is 10.2 Å². The molecule has 0 radical (unpaired) electrons. The Balaban J connectivity index is 2.55. The van der Waals surface area contributed by atoms with Gasteiger partial charge in [-0.1, -0.05) is 0 Å². The third kappa shape index (κ3) is 4.36. The minimum absolute atomic E-state index is 0.151. The molecule has 0 atom stereocenters. The lowest BCUT2D eigenvalue weighted by Crippen LogP contribution is -2.56. The quantitative estimate of drug-likeness (QED) is 0.672. The van der Waals surface area contributed by atoms with Gasteiger partial charge in [0.25, 0.3) is 0 Å². The molecule has 0 aromatic heterocycles. The molecule has 19 heavy (non-hydrogen) atoms. The first-order valence-corrected chi connectivity index (χ1v) is 6.23. The number of likely N-dealkylation sites (N-methyl/N-ethyl adjacent to an activating group) is 1. The summed E-state index contributed by atoms with van der Waals surface area (Å²) in [6.45, 7) is 3.89. The second-order valence-electron chi connectivity index (χ2n) is 5.55. The van der Waals surface area contributed by atoms with Gasteiger partial charge in [-0.25, -0.2) is 9.59 Å². The molecule has 0 aromatic carbocycles. The average molecular weight is 274 g/mol. The molecule has 3 N–H and O–H groups in total. The van der Waals surface area contributed by atoms with Crippen LogP contribution in [-0.4, -0.2) is 65.1 Å². The molecule has 2 amide bonds. The van der Waals surface area contributed by atoms with E-state index in [4.69, 9.17) is 9.84 Å². The number of ether oxygens (including phenoxy) is 1. The minimum Gasteiger partial charge on any atom is -0.480 e. The highest BCUT2D eigenvalue weighted by Crippen LogP contribution is 2.21. The van der Waals surface area contributed by atoms with Crippen LogP contribution in [0.4, 0.5) is 4.79 Å². The Morgan fingerprint density at radius 2 is 1.89 bits per heavy atom. The fraction of sp³-hybridized carbons (Fsp3) is 0.833. The van der Waals surface area contributed by atoms with Crippen LogP contribution in [0.3, 0.4) is 0 Å². The van der Waals surface area contributed by atoms with Crippen LogP contribution in [0.1, 0.15) is 26.7 Å². The number of rotatable bonds is 4. The number of urea groups is 1. The smallest absolute Gasteiger partial charge is 0.328 e. The first-order chi connectivity index (χ1) is 8.66. The average Bonchev–Trinajstić information content (AvgIpc) is 2.28. The minimum atomic E-state index is -1.34. The molecule has 0 bridgehead atoms. The van der Waals surface area contributed by atoms with Gasteiger partial charge in [0, 0.05) is 33.1 Å². The number of carbonyl (C=O) groups excluding carboxylic acids is 1. The Hall–Kier alpha value is -1.34. The van der Waals surface area contributed by atoms with Crippen LogP contribution in [0.15, 0.2) is 0 Å². The molecular formula is C12H22N2O5. The van der Waals surface area contributed by atoms with Crippen LogP contribution in [0.2, 0.25) is 0 Å². The SMILES string of the molecule is CN(CC1(O)CCOCC1)C(=O)NC(C)(C)C(=O)O. The van der Waals surface area contributed by atoms with E-state index in [0.717, 1.165) is 0 Å². The highest BCUT2D eigenvalue weighted by Gasteiger charge is 2.35. The standard InChI is InChI=1S/C12H22N2O5/c1-11(2,9(15)16)13-10(17)14(3)8-12(18)4-6-19-7-5-12/h18H,4-8H2,1-3H3,(H,13,17)(H,15,16). The second-order valence-corrected chi connectivity index (χ2v) is 5.55. The summed E-state index contributed by atoms with van der Waals surface area (Å²) in [6, 6.07) is -0.521. The molecule has 7 nitrogen and oxygen atoms in total.